The Balaban J connectivity index is 1.78. The zero-order chi connectivity index (χ0) is 19.6. The molecule has 27 heavy (non-hydrogen) atoms. The number of fused-ring (bicyclic) bond motifs is 3. The molecular formula is C22H30O5. The predicted molar refractivity (Wildman–Crippen MR) is 99.4 cm³/mol. The second kappa shape index (κ2) is 8.04. The lowest BCUT2D eigenvalue weighted by Crippen LogP contribution is -2.46. The Hall–Kier alpha value is -1.83. The highest BCUT2D eigenvalue weighted by Gasteiger charge is 2.56. The summed E-state index contributed by atoms with van der Waals surface area (Å²) >= 11 is 0. The Bertz CT molecular complexity index is 672. The van der Waals surface area contributed by atoms with Crippen molar-refractivity contribution in [3.8, 4) is 11.8 Å². The highest BCUT2D eigenvalue weighted by molar-refractivity contribution is 5.81. The number of Topliss-reactive ketones (excluding diaryl/α,β-unsaturated/α-hetero) is 1. The van der Waals surface area contributed by atoms with Gasteiger partial charge in [0.1, 0.15) is 11.9 Å². The number of ether oxygens (including phenoxy) is 2. The van der Waals surface area contributed by atoms with Crippen LogP contribution in [-0.4, -0.2) is 29.9 Å². The Morgan fingerprint density at radius 3 is 2.48 bits per heavy atom. The van der Waals surface area contributed by atoms with Crippen molar-refractivity contribution in [2.45, 2.75) is 84.3 Å². The lowest BCUT2D eigenvalue weighted by molar-refractivity contribution is -0.156. The third kappa shape index (κ3) is 4.20. The summed E-state index contributed by atoms with van der Waals surface area (Å²) in [4.78, 5) is 35.7. The van der Waals surface area contributed by atoms with Crippen molar-refractivity contribution in [3.05, 3.63) is 0 Å². The monoisotopic (exact) mass is 374 g/mol. The van der Waals surface area contributed by atoms with Gasteiger partial charge in [0, 0.05) is 44.4 Å². The van der Waals surface area contributed by atoms with Crippen LogP contribution in [0.2, 0.25) is 0 Å². The van der Waals surface area contributed by atoms with Gasteiger partial charge in [-0.05, 0) is 43.9 Å². The molecule has 5 nitrogen and oxygen atoms in total. The fraction of sp³-hybridized carbons (Fsp3) is 0.773. The summed E-state index contributed by atoms with van der Waals surface area (Å²) in [6.45, 7) is 5.09. The molecule has 0 heterocycles. The van der Waals surface area contributed by atoms with Gasteiger partial charge in [0.2, 0.25) is 0 Å². The molecule has 0 aromatic carbocycles. The largest absolute Gasteiger partial charge is 0.462 e. The van der Waals surface area contributed by atoms with Crippen LogP contribution in [0.5, 0.6) is 0 Å². The van der Waals surface area contributed by atoms with Gasteiger partial charge in [-0.3, -0.25) is 14.4 Å². The molecule has 3 aliphatic carbocycles. The average molecular weight is 374 g/mol. The van der Waals surface area contributed by atoms with Gasteiger partial charge in [0.15, 0.2) is 6.10 Å². The van der Waals surface area contributed by atoms with Gasteiger partial charge in [-0.1, -0.05) is 18.8 Å². The van der Waals surface area contributed by atoms with Crippen LogP contribution in [0.15, 0.2) is 0 Å². The fourth-order valence-electron chi connectivity index (χ4n) is 5.68. The van der Waals surface area contributed by atoms with Gasteiger partial charge in [0.05, 0.1) is 0 Å². The lowest BCUT2D eigenvalue weighted by Gasteiger charge is -2.47. The Labute approximate surface area is 161 Å². The van der Waals surface area contributed by atoms with Crippen molar-refractivity contribution in [1.82, 2.24) is 0 Å². The number of esters is 2. The van der Waals surface area contributed by atoms with E-state index < -0.39 is 6.10 Å². The van der Waals surface area contributed by atoms with E-state index in [1.165, 1.54) is 13.8 Å². The highest BCUT2D eigenvalue weighted by Crippen LogP contribution is 2.58. The molecule has 2 saturated carbocycles. The Kier molecular flexibility index (Phi) is 5.93. The molecule has 0 aliphatic heterocycles. The standard InChI is InChI=1S/C22H30O5/c1-14(23)26-16-6-4-5-7-17-18(20(25)10-8-16)12-13-22(3)19(17)9-11-21(22)27-15(2)24/h16-19,21H,5,7-13H2,1-3H3/t16-,17+,18-,19-,21-,22-/m0/s1. The highest BCUT2D eigenvalue weighted by atomic mass is 16.5. The van der Waals surface area contributed by atoms with E-state index in [4.69, 9.17) is 9.47 Å². The molecular weight excluding hydrogens is 344 g/mol. The van der Waals surface area contributed by atoms with Crippen LogP contribution in [0.1, 0.15) is 72.1 Å². The first-order chi connectivity index (χ1) is 12.8. The number of rotatable bonds is 2. The maximum Gasteiger partial charge on any atom is 0.303 e. The van der Waals surface area contributed by atoms with E-state index in [0.29, 0.717) is 31.1 Å². The molecule has 3 rings (SSSR count). The lowest BCUT2D eigenvalue weighted by atomic mass is 9.57. The molecule has 148 valence electrons. The van der Waals surface area contributed by atoms with Crippen molar-refractivity contribution >= 4 is 17.7 Å². The molecule has 0 spiro atoms. The molecule has 0 radical (unpaired) electrons. The molecule has 6 atom stereocenters. The van der Waals surface area contributed by atoms with Gasteiger partial charge in [-0.2, -0.15) is 0 Å². The average Bonchev–Trinajstić information content (AvgIpc) is 2.91. The van der Waals surface area contributed by atoms with Gasteiger partial charge in [-0.25, -0.2) is 0 Å². The normalized spacial score (nSPS) is 38.6. The second-order valence-electron chi connectivity index (χ2n) is 8.56. The van der Waals surface area contributed by atoms with Crippen LogP contribution in [0.3, 0.4) is 0 Å². The van der Waals surface area contributed by atoms with Crippen LogP contribution in [0.25, 0.3) is 0 Å². The number of carbonyl (C=O) groups is 3. The Morgan fingerprint density at radius 1 is 1.04 bits per heavy atom. The van der Waals surface area contributed by atoms with E-state index in [2.05, 4.69) is 18.8 Å². The summed E-state index contributed by atoms with van der Waals surface area (Å²) in [5.74, 6) is 6.66. The molecule has 0 aromatic rings. The van der Waals surface area contributed by atoms with E-state index in [1.807, 2.05) is 0 Å². The van der Waals surface area contributed by atoms with Crippen molar-refractivity contribution < 1.29 is 23.9 Å². The number of hydrogen-bond acceptors (Lipinski definition) is 5. The molecule has 3 aliphatic rings. The third-order valence-corrected chi connectivity index (χ3v) is 6.90. The minimum Gasteiger partial charge on any atom is -0.462 e. The van der Waals surface area contributed by atoms with Crippen molar-refractivity contribution in [3.63, 3.8) is 0 Å². The van der Waals surface area contributed by atoms with Crippen LogP contribution in [0.4, 0.5) is 0 Å². The zero-order valence-corrected chi connectivity index (χ0v) is 16.6. The molecule has 0 aromatic heterocycles. The summed E-state index contributed by atoms with van der Waals surface area (Å²) in [6, 6.07) is 0. The minimum atomic E-state index is -0.475. The maximum atomic E-state index is 13.0. The first-order valence-corrected chi connectivity index (χ1v) is 10.2. The van der Waals surface area contributed by atoms with Crippen LogP contribution < -0.4 is 0 Å². The van der Waals surface area contributed by atoms with E-state index in [9.17, 15) is 14.4 Å². The van der Waals surface area contributed by atoms with Gasteiger partial charge >= 0.3 is 11.9 Å². The van der Waals surface area contributed by atoms with Crippen molar-refractivity contribution in [1.29, 1.82) is 0 Å². The first-order valence-electron chi connectivity index (χ1n) is 10.2. The van der Waals surface area contributed by atoms with E-state index in [1.54, 1.807) is 0 Å². The van der Waals surface area contributed by atoms with Gasteiger partial charge < -0.3 is 9.47 Å². The van der Waals surface area contributed by atoms with Crippen LogP contribution in [-0.2, 0) is 23.9 Å². The maximum absolute atomic E-state index is 13.0. The second-order valence-corrected chi connectivity index (χ2v) is 8.56. The predicted octanol–water partition coefficient (Wildman–Crippen LogP) is 3.44. The number of hydrogen-bond donors (Lipinski definition) is 0. The smallest absolute Gasteiger partial charge is 0.303 e. The third-order valence-electron chi connectivity index (χ3n) is 6.90. The molecule has 0 bridgehead atoms. The van der Waals surface area contributed by atoms with Crippen LogP contribution >= 0.6 is 0 Å². The molecule has 0 saturated heterocycles. The SMILES string of the molecule is CC(=O)O[C@H]1CC[C@H]2[C@@H]3CCC#C[C@H](OC(C)=O)CCC(=O)[C@H]3CC[C@]12C. The summed E-state index contributed by atoms with van der Waals surface area (Å²) < 4.78 is 10.9. The molecule has 5 heteroatoms. The minimum absolute atomic E-state index is 0.0362. The van der Waals surface area contributed by atoms with E-state index in [-0.39, 0.29) is 35.2 Å². The number of carbonyl (C=O) groups excluding carboxylic acids is 3. The molecule has 0 amide bonds. The van der Waals surface area contributed by atoms with Crippen molar-refractivity contribution in [2.24, 2.45) is 23.2 Å². The zero-order valence-electron chi connectivity index (χ0n) is 16.6. The number of ketones is 1. The van der Waals surface area contributed by atoms with E-state index >= 15 is 0 Å². The topological polar surface area (TPSA) is 69.7 Å². The summed E-state index contributed by atoms with van der Waals surface area (Å²) in [5.41, 5.74) is -0.0368. The van der Waals surface area contributed by atoms with Gasteiger partial charge in [0.25, 0.3) is 0 Å². The van der Waals surface area contributed by atoms with Gasteiger partial charge in [-0.15, -0.1) is 0 Å². The van der Waals surface area contributed by atoms with E-state index in [0.717, 1.165) is 32.1 Å². The fourth-order valence-corrected chi connectivity index (χ4v) is 5.68. The molecule has 2 fully saturated rings. The Morgan fingerprint density at radius 2 is 1.78 bits per heavy atom. The summed E-state index contributed by atoms with van der Waals surface area (Å²) in [6.07, 6.45) is 5.62. The summed E-state index contributed by atoms with van der Waals surface area (Å²) in [7, 11) is 0. The van der Waals surface area contributed by atoms with Crippen LogP contribution in [0, 0.1) is 35.0 Å². The first kappa shape index (κ1) is 19.9. The molecule has 0 N–H and O–H groups in total. The summed E-state index contributed by atoms with van der Waals surface area (Å²) in [5, 5.41) is 0. The molecule has 0 unspecified atom stereocenters. The quantitative estimate of drug-likeness (QED) is 0.547. The van der Waals surface area contributed by atoms with Crippen molar-refractivity contribution in [2.75, 3.05) is 0 Å².